The summed E-state index contributed by atoms with van der Waals surface area (Å²) in [5.74, 6) is -0.0470. The molecule has 2 heterocycles. The molecule has 0 aliphatic carbocycles. The van der Waals surface area contributed by atoms with Gasteiger partial charge in [0.15, 0.2) is 0 Å². The molecule has 1 aliphatic heterocycles. The zero-order chi connectivity index (χ0) is 14.7. The van der Waals surface area contributed by atoms with E-state index in [-0.39, 0.29) is 12.5 Å². The van der Waals surface area contributed by atoms with Crippen LogP contribution in [-0.4, -0.2) is 58.2 Å². The number of nitrogens with one attached hydrogen (secondary N) is 2. The molecule has 0 spiro atoms. The van der Waals surface area contributed by atoms with Gasteiger partial charge in [0.1, 0.15) is 0 Å². The van der Waals surface area contributed by atoms with E-state index in [2.05, 4.69) is 15.3 Å². The Labute approximate surface area is 123 Å². The number of carbonyl (C=O) groups is 1. The number of carbonyl (C=O) groups excluding carboxylic acids is 1. The lowest BCUT2D eigenvalue weighted by molar-refractivity contribution is 0.0706. The second-order valence-corrected chi connectivity index (χ2v) is 5.40. The van der Waals surface area contributed by atoms with Crippen LogP contribution in [0.5, 0.6) is 0 Å². The third-order valence-electron chi connectivity index (χ3n) is 3.93. The summed E-state index contributed by atoms with van der Waals surface area (Å²) in [6.45, 7) is 1.98. The van der Waals surface area contributed by atoms with Crippen LogP contribution >= 0.6 is 0 Å². The van der Waals surface area contributed by atoms with Crippen molar-refractivity contribution in [2.45, 2.75) is 18.9 Å². The number of fused-ring (bicyclic) bond motifs is 1. The molecule has 6 heteroatoms. The molecule has 21 heavy (non-hydrogen) atoms. The highest BCUT2D eigenvalue weighted by Gasteiger charge is 2.22. The van der Waals surface area contributed by atoms with Gasteiger partial charge in [0.25, 0.3) is 5.91 Å². The van der Waals surface area contributed by atoms with Crippen molar-refractivity contribution in [1.29, 1.82) is 0 Å². The lowest BCUT2D eigenvalue weighted by Crippen LogP contribution is -2.42. The van der Waals surface area contributed by atoms with Gasteiger partial charge in [-0.05, 0) is 37.6 Å². The summed E-state index contributed by atoms with van der Waals surface area (Å²) in [5.41, 5.74) is 2.32. The zero-order valence-corrected chi connectivity index (χ0v) is 11.9. The second-order valence-electron chi connectivity index (χ2n) is 5.40. The standard InChI is InChI=1S/C15H20N4O2/c20-7-6-19(9-12-2-1-5-16-12)15(21)11-3-4-13-14(8-11)18-10-17-13/h3-4,8,10,12,16,20H,1-2,5-7,9H2,(H,17,18). The van der Waals surface area contributed by atoms with E-state index in [9.17, 15) is 9.90 Å². The Kier molecular flexibility index (Phi) is 4.17. The topological polar surface area (TPSA) is 81.2 Å². The fraction of sp³-hybridized carbons (Fsp3) is 0.467. The molecule has 1 saturated heterocycles. The van der Waals surface area contributed by atoms with Crippen molar-refractivity contribution >= 4 is 16.9 Å². The minimum absolute atomic E-state index is 0.0231. The quantitative estimate of drug-likeness (QED) is 0.758. The van der Waals surface area contributed by atoms with Gasteiger partial charge in [0.05, 0.1) is 24.0 Å². The lowest BCUT2D eigenvalue weighted by atomic mass is 10.1. The Morgan fingerprint density at radius 2 is 2.38 bits per heavy atom. The number of benzene rings is 1. The number of rotatable bonds is 5. The first kappa shape index (κ1) is 14.0. The third-order valence-corrected chi connectivity index (χ3v) is 3.93. The fourth-order valence-electron chi connectivity index (χ4n) is 2.83. The molecular formula is C15H20N4O2. The Bertz CT molecular complexity index is 619. The lowest BCUT2D eigenvalue weighted by Gasteiger charge is -2.25. The average molecular weight is 288 g/mol. The van der Waals surface area contributed by atoms with E-state index < -0.39 is 0 Å². The smallest absolute Gasteiger partial charge is 0.254 e. The summed E-state index contributed by atoms with van der Waals surface area (Å²) in [4.78, 5) is 21.5. The van der Waals surface area contributed by atoms with E-state index in [0.717, 1.165) is 30.4 Å². The number of aliphatic hydroxyl groups is 1. The molecule has 1 aliphatic rings. The summed E-state index contributed by atoms with van der Waals surface area (Å²) < 4.78 is 0. The summed E-state index contributed by atoms with van der Waals surface area (Å²) >= 11 is 0. The first-order valence-electron chi connectivity index (χ1n) is 7.34. The Balaban J connectivity index is 1.78. The molecule has 3 rings (SSSR count). The summed E-state index contributed by atoms with van der Waals surface area (Å²) in [7, 11) is 0. The number of H-pyrrole nitrogens is 1. The number of hydrogen-bond donors (Lipinski definition) is 3. The van der Waals surface area contributed by atoms with Crippen molar-refractivity contribution in [1.82, 2.24) is 20.2 Å². The van der Waals surface area contributed by atoms with Gasteiger partial charge in [-0.15, -0.1) is 0 Å². The number of aliphatic hydroxyl groups excluding tert-OH is 1. The molecule has 112 valence electrons. The molecule has 1 aromatic heterocycles. The van der Waals surface area contributed by atoms with E-state index in [0.29, 0.717) is 24.7 Å². The Morgan fingerprint density at radius 1 is 1.48 bits per heavy atom. The van der Waals surface area contributed by atoms with Gasteiger partial charge in [-0.3, -0.25) is 4.79 Å². The van der Waals surface area contributed by atoms with Crippen molar-refractivity contribution in [3.05, 3.63) is 30.1 Å². The van der Waals surface area contributed by atoms with E-state index in [1.165, 1.54) is 0 Å². The van der Waals surface area contributed by atoms with Crippen molar-refractivity contribution in [3.63, 3.8) is 0 Å². The molecule has 1 fully saturated rings. The molecule has 6 nitrogen and oxygen atoms in total. The number of nitrogens with zero attached hydrogens (tertiary/aromatic N) is 2. The maximum absolute atomic E-state index is 12.6. The number of imidazole rings is 1. The van der Waals surface area contributed by atoms with Crippen molar-refractivity contribution in [2.24, 2.45) is 0 Å². The summed E-state index contributed by atoms with van der Waals surface area (Å²) in [6.07, 6.45) is 3.84. The van der Waals surface area contributed by atoms with Crippen molar-refractivity contribution < 1.29 is 9.90 Å². The molecule has 1 unspecified atom stereocenters. The van der Waals surface area contributed by atoms with E-state index >= 15 is 0 Å². The minimum atomic E-state index is -0.0470. The van der Waals surface area contributed by atoms with Crippen LogP contribution in [0, 0.1) is 0 Å². The number of hydrogen-bond acceptors (Lipinski definition) is 4. The number of amides is 1. The first-order chi connectivity index (χ1) is 10.3. The molecule has 1 aromatic carbocycles. The van der Waals surface area contributed by atoms with E-state index in [4.69, 9.17) is 0 Å². The van der Waals surface area contributed by atoms with Crippen LogP contribution in [0.15, 0.2) is 24.5 Å². The second kappa shape index (κ2) is 6.24. The van der Waals surface area contributed by atoms with E-state index in [1.807, 2.05) is 12.1 Å². The van der Waals surface area contributed by atoms with Crippen LogP contribution in [0.3, 0.4) is 0 Å². The SMILES string of the molecule is O=C(c1ccc2nc[nH]c2c1)N(CCO)CC1CCCN1. The van der Waals surface area contributed by atoms with Crippen LogP contribution in [0.4, 0.5) is 0 Å². The highest BCUT2D eigenvalue weighted by molar-refractivity contribution is 5.97. The maximum atomic E-state index is 12.6. The highest BCUT2D eigenvalue weighted by Crippen LogP contribution is 2.15. The number of aromatic amines is 1. The van der Waals surface area contributed by atoms with Gasteiger partial charge in [0, 0.05) is 24.7 Å². The van der Waals surface area contributed by atoms with Crippen LogP contribution < -0.4 is 5.32 Å². The van der Waals surface area contributed by atoms with Crippen LogP contribution in [-0.2, 0) is 0 Å². The van der Waals surface area contributed by atoms with Crippen LogP contribution in [0.1, 0.15) is 23.2 Å². The molecule has 2 aromatic rings. The zero-order valence-electron chi connectivity index (χ0n) is 11.9. The minimum Gasteiger partial charge on any atom is -0.395 e. The molecule has 3 N–H and O–H groups in total. The Hall–Kier alpha value is -1.92. The summed E-state index contributed by atoms with van der Waals surface area (Å²) in [5, 5.41) is 12.6. The van der Waals surface area contributed by atoms with Gasteiger partial charge < -0.3 is 20.3 Å². The van der Waals surface area contributed by atoms with Crippen LogP contribution in [0.2, 0.25) is 0 Å². The fourth-order valence-corrected chi connectivity index (χ4v) is 2.83. The van der Waals surface area contributed by atoms with Gasteiger partial charge in [-0.25, -0.2) is 4.98 Å². The predicted molar refractivity (Wildman–Crippen MR) is 80.1 cm³/mol. The molecule has 1 atom stereocenters. The van der Waals surface area contributed by atoms with Gasteiger partial charge in [0.2, 0.25) is 0 Å². The van der Waals surface area contributed by atoms with Crippen LogP contribution in [0.25, 0.3) is 11.0 Å². The Morgan fingerprint density at radius 3 is 3.14 bits per heavy atom. The maximum Gasteiger partial charge on any atom is 0.254 e. The van der Waals surface area contributed by atoms with Crippen molar-refractivity contribution in [3.8, 4) is 0 Å². The highest BCUT2D eigenvalue weighted by atomic mass is 16.3. The first-order valence-corrected chi connectivity index (χ1v) is 7.34. The average Bonchev–Trinajstić information content (AvgIpc) is 3.16. The molecule has 1 amide bonds. The van der Waals surface area contributed by atoms with Crippen molar-refractivity contribution in [2.75, 3.05) is 26.2 Å². The monoisotopic (exact) mass is 288 g/mol. The predicted octanol–water partition coefficient (Wildman–Crippen LogP) is 0.749. The van der Waals surface area contributed by atoms with Gasteiger partial charge in [-0.1, -0.05) is 0 Å². The van der Waals surface area contributed by atoms with Gasteiger partial charge in [-0.2, -0.15) is 0 Å². The molecule has 0 bridgehead atoms. The summed E-state index contributed by atoms with van der Waals surface area (Å²) in [6, 6.07) is 5.77. The molecular weight excluding hydrogens is 268 g/mol. The van der Waals surface area contributed by atoms with E-state index in [1.54, 1.807) is 17.3 Å². The normalized spacial score (nSPS) is 18.2. The largest absolute Gasteiger partial charge is 0.395 e. The molecule has 0 radical (unpaired) electrons. The van der Waals surface area contributed by atoms with Gasteiger partial charge >= 0.3 is 0 Å². The number of aromatic nitrogens is 2. The molecule has 0 saturated carbocycles. The third kappa shape index (κ3) is 3.06.